The number of esters is 1. The van der Waals surface area contributed by atoms with Gasteiger partial charge in [0.1, 0.15) is 4.90 Å². The van der Waals surface area contributed by atoms with Gasteiger partial charge in [0.05, 0.1) is 29.3 Å². The molecule has 0 amide bonds. The first-order valence-corrected chi connectivity index (χ1v) is 12.7. The fourth-order valence-corrected chi connectivity index (χ4v) is 6.40. The maximum absolute atomic E-state index is 13.1. The van der Waals surface area contributed by atoms with E-state index >= 15 is 0 Å². The van der Waals surface area contributed by atoms with Gasteiger partial charge in [0.25, 0.3) is 0 Å². The van der Waals surface area contributed by atoms with E-state index in [1.54, 1.807) is 24.3 Å². The van der Waals surface area contributed by atoms with Crippen molar-refractivity contribution < 1.29 is 17.9 Å². The van der Waals surface area contributed by atoms with Gasteiger partial charge in [0, 0.05) is 16.9 Å². The monoisotopic (exact) mass is 494 g/mol. The molecule has 0 spiro atoms. The van der Waals surface area contributed by atoms with Crippen LogP contribution in [0, 0.1) is 0 Å². The first-order valence-electron chi connectivity index (χ1n) is 10.5. The highest BCUT2D eigenvalue weighted by Crippen LogP contribution is 2.37. The molecule has 0 unspecified atom stereocenters. The number of aromatic nitrogens is 1. The molecule has 0 saturated heterocycles. The number of halogens is 2. The van der Waals surface area contributed by atoms with Crippen molar-refractivity contribution >= 4 is 50.1 Å². The van der Waals surface area contributed by atoms with Gasteiger partial charge in [0.2, 0.25) is 10.0 Å². The number of sulfonamides is 1. The zero-order valence-electron chi connectivity index (χ0n) is 17.6. The molecule has 1 fully saturated rings. The molecule has 0 bridgehead atoms. The highest BCUT2D eigenvalue weighted by molar-refractivity contribution is 7.89. The van der Waals surface area contributed by atoms with Gasteiger partial charge in [0.15, 0.2) is 0 Å². The van der Waals surface area contributed by atoms with Crippen LogP contribution >= 0.6 is 23.2 Å². The molecule has 1 aromatic heterocycles. The summed E-state index contributed by atoms with van der Waals surface area (Å²) in [5, 5.41) is 1.33. The zero-order chi connectivity index (χ0) is 22.9. The Morgan fingerprint density at radius 3 is 2.59 bits per heavy atom. The van der Waals surface area contributed by atoms with E-state index in [-0.39, 0.29) is 22.4 Å². The van der Waals surface area contributed by atoms with Crippen LogP contribution < -0.4 is 4.72 Å². The van der Waals surface area contributed by atoms with E-state index in [0.717, 1.165) is 37.6 Å². The summed E-state index contributed by atoms with van der Waals surface area (Å²) in [7, 11) is -2.49. The summed E-state index contributed by atoms with van der Waals surface area (Å²) in [6, 6.07) is 10.1. The number of benzene rings is 2. The average molecular weight is 495 g/mol. The van der Waals surface area contributed by atoms with Crippen molar-refractivity contribution in [3.8, 4) is 11.3 Å². The smallest absolute Gasteiger partial charge is 0.310 e. The number of hydrogen-bond donors (Lipinski definition) is 2. The van der Waals surface area contributed by atoms with Crippen LogP contribution in [0.25, 0.3) is 22.2 Å². The lowest BCUT2D eigenvalue weighted by molar-refractivity contribution is -0.139. The van der Waals surface area contributed by atoms with Crippen LogP contribution in [0.4, 0.5) is 0 Å². The Bertz CT molecular complexity index is 1260. The lowest BCUT2D eigenvalue weighted by Gasteiger charge is -2.23. The summed E-state index contributed by atoms with van der Waals surface area (Å²) in [6.45, 7) is 0. The number of rotatable bonds is 6. The number of ether oxygens (including phenoxy) is 1. The molecular formula is C23H24Cl2N2O4S. The topological polar surface area (TPSA) is 88.3 Å². The van der Waals surface area contributed by atoms with E-state index in [4.69, 9.17) is 27.9 Å². The zero-order valence-corrected chi connectivity index (χ0v) is 19.9. The highest BCUT2D eigenvalue weighted by atomic mass is 35.5. The van der Waals surface area contributed by atoms with E-state index < -0.39 is 16.0 Å². The maximum atomic E-state index is 13.1. The van der Waals surface area contributed by atoms with Crippen molar-refractivity contribution in [2.45, 2.75) is 49.5 Å². The molecule has 2 aromatic carbocycles. The van der Waals surface area contributed by atoms with E-state index in [1.165, 1.54) is 13.2 Å². The standard InChI is InChI=1S/C23H24Cl2N2O4S/c1-31-21(28)13-16-22-18(25)8-5-9-19(22)26-23(16)14-10-11-17(24)20(12-14)32(29,30)27-15-6-3-2-4-7-15/h5,8-12,15,26-27H,2-4,6-7,13H2,1H3. The highest BCUT2D eigenvalue weighted by Gasteiger charge is 2.26. The van der Waals surface area contributed by atoms with Gasteiger partial charge in [-0.3, -0.25) is 4.79 Å². The van der Waals surface area contributed by atoms with E-state index in [0.29, 0.717) is 27.2 Å². The Balaban J connectivity index is 1.80. The molecule has 32 heavy (non-hydrogen) atoms. The maximum Gasteiger partial charge on any atom is 0.310 e. The molecule has 1 aliphatic carbocycles. The van der Waals surface area contributed by atoms with Gasteiger partial charge in [-0.15, -0.1) is 0 Å². The van der Waals surface area contributed by atoms with Crippen molar-refractivity contribution in [3.05, 3.63) is 52.0 Å². The number of aromatic amines is 1. The van der Waals surface area contributed by atoms with Gasteiger partial charge in [-0.05, 0) is 48.2 Å². The molecule has 6 nitrogen and oxygen atoms in total. The minimum absolute atomic E-state index is 0.0102. The van der Waals surface area contributed by atoms with Gasteiger partial charge in [-0.25, -0.2) is 13.1 Å². The first-order chi connectivity index (χ1) is 15.3. The van der Waals surface area contributed by atoms with Crippen LogP contribution in [0.1, 0.15) is 37.7 Å². The second-order valence-electron chi connectivity index (χ2n) is 8.00. The van der Waals surface area contributed by atoms with Crippen LogP contribution in [0.2, 0.25) is 10.0 Å². The van der Waals surface area contributed by atoms with Crippen molar-refractivity contribution in [3.63, 3.8) is 0 Å². The molecule has 170 valence electrons. The normalized spacial score (nSPS) is 15.2. The minimum atomic E-state index is -3.81. The summed E-state index contributed by atoms with van der Waals surface area (Å²) in [6.07, 6.45) is 4.77. The van der Waals surface area contributed by atoms with Gasteiger partial charge in [-0.1, -0.05) is 54.6 Å². The Kier molecular flexibility index (Phi) is 6.81. The lowest BCUT2D eigenvalue weighted by Crippen LogP contribution is -2.36. The molecule has 0 atom stereocenters. The fraction of sp³-hybridized carbons (Fsp3) is 0.348. The molecule has 4 rings (SSSR count). The number of nitrogens with one attached hydrogen (secondary N) is 2. The third-order valence-corrected chi connectivity index (χ3v) is 8.18. The quantitative estimate of drug-likeness (QED) is 0.444. The lowest BCUT2D eigenvalue weighted by atomic mass is 9.96. The summed E-state index contributed by atoms with van der Waals surface area (Å²) in [5.74, 6) is -0.423. The van der Waals surface area contributed by atoms with E-state index in [9.17, 15) is 13.2 Å². The van der Waals surface area contributed by atoms with Crippen molar-refractivity contribution in [2.24, 2.45) is 0 Å². The predicted octanol–water partition coefficient (Wildman–Crippen LogP) is 5.47. The molecule has 1 saturated carbocycles. The molecule has 3 aromatic rings. The van der Waals surface area contributed by atoms with Crippen molar-refractivity contribution in [2.75, 3.05) is 7.11 Å². The van der Waals surface area contributed by atoms with Crippen molar-refractivity contribution in [1.29, 1.82) is 0 Å². The molecular weight excluding hydrogens is 471 g/mol. The summed E-state index contributed by atoms with van der Waals surface area (Å²) >= 11 is 12.7. The Hall–Kier alpha value is -2.06. The number of carbonyl (C=O) groups excluding carboxylic acids is 1. The third-order valence-electron chi connectivity index (χ3n) is 5.86. The number of fused-ring (bicyclic) bond motifs is 1. The number of methoxy groups -OCH3 is 1. The summed E-state index contributed by atoms with van der Waals surface area (Å²) in [5.41, 5.74) is 2.57. The molecule has 1 aliphatic rings. The van der Waals surface area contributed by atoms with Crippen LogP contribution in [0.5, 0.6) is 0 Å². The van der Waals surface area contributed by atoms with E-state index in [2.05, 4.69) is 9.71 Å². The summed E-state index contributed by atoms with van der Waals surface area (Å²) in [4.78, 5) is 15.4. The number of carbonyl (C=O) groups is 1. The van der Waals surface area contributed by atoms with Crippen LogP contribution in [-0.2, 0) is 26.0 Å². The molecule has 0 radical (unpaired) electrons. The molecule has 2 N–H and O–H groups in total. The van der Waals surface area contributed by atoms with Crippen LogP contribution in [0.3, 0.4) is 0 Å². The average Bonchev–Trinajstić information content (AvgIpc) is 3.13. The van der Waals surface area contributed by atoms with Gasteiger partial charge >= 0.3 is 5.97 Å². The second kappa shape index (κ2) is 9.43. The predicted molar refractivity (Wildman–Crippen MR) is 127 cm³/mol. The van der Waals surface area contributed by atoms with E-state index in [1.807, 2.05) is 6.07 Å². The third kappa shape index (κ3) is 4.66. The molecule has 1 heterocycles. The largest absolute Gasteiger partial charge is 0.469 e. The van der Waals surface area contributed by atoms with Crippen LogP contribution in [0.15, 0.2) is 41.3 Å². The van der Waals surface area contributed by atoms with Crippen LogP contribution in [-0.4, -0.2) is 32.5 Å². The fourth-order valence-electron chi connectivity index (χ4n) is 4.28. The minimum Gasteiger partial charge on any atom is -0.469 e. The summed E-state index contributed by atoms with van der Waals surface area (Å²) < 4.78 is 33.9. The second-order valence-corrected chi connectivity index (χ2v) is 10.5. The SMILES string of the molecule is COC(=O)Cc1c(-c2ccc(Cl)c(S(=O)(=O)NC3CCCCC3)c2)[nH]c2cccc(Cl)c12. The van der Waals surface area contributed by atoms with Gasteiger partial charge < -0.3 is 9.72 Å². The Morgan fingerprint density at radius 1 is 1.12 bits per heavy atom. The number of hydrogen-bond acceptors (Lipinski definition) is 4. The Labute approximate surface area is 197 Å². The van der Waals surface area contributed by atoms with Gasteiger partial charge in [-0.2, -0.15) is 0 Å². The Morgan fingerprint density at radius 2 is 1.88 bits per heavy atom. The number of H-pyrrole nitrogens is 1. The van der Waals surface area contributed by atoms with Crippen molar-refractivity contribution in [1.82, 2.24) is 9.71 Å². The molecule has 9 heteroatoms. The first kappa shape index (κ1) is 23.1. The molecule has 0 aliphatic heterocycles.